The topological polar surface area (TPSA) is 64.3 Å². The number of benzene rings is 1. The molecule has 0 spiro atoms. The minimum absolute atomic E-state index is 0.265. The quantitative estimate of drug-likeness (QED) is 0.878. The molecule has 0 aliphatic carbocycles. The molecule has 0 unspecified atom stereocenters. The molecular weight excluding hydrogens is 348 g/mol. The van der Waals surface area contributed by atoms with E-state index in [0.717, 1.165) is 23.5 Å². The van der Waals surface area contributed by atoms with Crippen molar-refractivity contribution in [2.75, 3.05) is 25.4 Å². The molecule has 2 aliphatic heterocycles. The molecule has 2 atom stereocenters. The highest BCUT2D eigenvalue weighted by molar-refractivity contribution is 6.31. The highest BCUT2D eigenvalue weighted by Gasteiger charge is 2.33. The molecule has 0 amide bonds. The smallest absolute Gasteiger partial charge is 0.219 e. The molecule has 6 heteroatoms. The number of piperidine rings is 2. The number of aromatic nitrogens is 2. The summed E-state index contributed by atoms with van der Waals surface area (Å²) >= 11 is 6.31. The van der Waals surface area contributed by atoms with Gasteiger partial charge in [-0.1, -0.05) is 18.0 Å². The van der Waals surface area contributed by atoms with Crippen molar-refractivity contribution in [3.8, 4) is 16.9 Å². The Morgan fingerprint density at radius 3 is 2.69 bits per heavy atom. The number of ether oxygens (including phenoxy) is 1. The maximum Gasteiger partial charge on any atom is 0.219 e. The third-order valence-electron chi connectivity index (χ3n) is 5.57. The van der Waals surface area contributed by atoms with Crippen LogP contribution >= 0.6 is 11.6 Å². The molecule has 5 nitrogen and oxygen atoms in total. The second kappa shape index (κ2) is 7.80. The van der Waals surface area contributed by atoms with Crippen LogP contribution in [0.5, 0.6) is 5.75 Å². The highest BCUT2D eigenvalue weighted by Crippen LogP contribution is 2.33. The number of nitrogens with zero attached hydrogens (tertiary/aromatic N) is 3. The number of nitrogen functional groups attached to an aromatic ring is 1. The van der Waals surface area contributed by atoms with Crippen molar-refractivity contribution in [3.05, 3.63) is 35.6 Å². The highest BCUT2D eigenvalue weighted by atomic mass is 35.5. The molecule has 2 aliphatic rings. The van der Waals surface area contributed by atoms with Crippen LogP contribution in [0.2, 0.25) is 5.02 Å². The Kier molecular flexibility index (Phi) is 5.27. The molecule has 1 aromatic heterocycles. The van der Waals surface area contributed by atoms with Crippen LogP contribution in [0, 0.1) is 5.92 Å². The molecule has 2 saturated heterocycles. The van der Waals surface area contributed by atoms with E-state index in [1.54, 1.807) is 12.4 Å². The number of fused-ring (bicyclic) bond motifs is 1. The number of hydrogen-bond acceptors (Lipinski definition) is 5. The Morgan fingerprint density at radius 1 is 1.04 bits per heavy atom. The molecule has 0 bridgehead atoms. The van der Waals surface area contributed by atoms with Crippen LogP contribution in [0.15, 0.2) is 30.6 Å². The van der Waals surface area contributed by atoms with Gasteiger partial charge < -0.3 is 10.5 Å². The van der Waals surface area contributed by atoms with Crippen molar-refractivity contribution in [3.63, 3.8) is 0 Å². The lowest BCUT2D eigenvalue weighted by molar-refractivity contribution is 0.0366. The fraction of sp³-hybridized carbons (Fsp3) is 0.500. The van der Waals surface area contributed by atoms with E-state index in [-0.39, 0.29) is 5.95 Å². The zero-order chi connectivity index (χ0) is 17.9. The third-order valence-corrected chi connectivity index (χ3v) is 5.79. The van der Waals surface area contributed by atoms with Crippen molar-refractivity contribution < 1.29 is 4.74 Å². The lowest BCUT2D eigenvalue weighted by Crippen LogP contribution is -2.49. The molecule has 26 heavy (non-hydrogen) atoms. The van der Waals surface area contributed by atoms with Gasteiger partial charge in [-0.25, -0.2) is 9.97 Å². The summed E-state index contributed by atoms with van der Waals surface area (Å²) in [5.74, 6) is 1.67. The van der Waals surface area contributed by atoms with Gasteiger partial charge in [-0.3, -0.25) is 4.90 Å². The summed E-state index contributed by atoms with van der Waals surface area (Å²) in [5, 5.41) is 0.650. The Labute approximate surface area is 159 Å². The Bertz CT molecular complexity index is 750. The normalized spacial score (nSPS) is 23.4. The molecule has 4 rings (SSSR count). The van der Waals surface area contributed by atoms with Gasteiger partial charge in [0.1, 0.15) is 5.75 Å². The van der Waals surface area contributed by atoms with Crippen LogP contribution in [0.1, 0.15) is 32.1 Å². The van der Waals surface area contributed by atoms with Gasteiger partial charge in [0.05, 0.1) is 6.61 Å². The molecule has 2 fully saturated rings. The molecule has 138 valence electrons. The van der Waals surface area contributed by atoms with E-state index in [9.17, 15) is 0 Å². The van der Waals surface area contributed by atoms with E-state index in [4.69, 9.17) is 22.1 Å². The van der Waals surface area contributed by atoms with Crippen molar-refractivity contribution in [1.82, 2.24) is 14.9 Å². The van der Waals surface area contributed by atoms with Gasteiger partial charge in [-0.15, -0.1) is 0 Å². The Hall–Kier alpha value is -1.85. The van der Waals surface area contributed by atoms with Crippen LogP contribution in [0.25, 0.3) is 11.1 Å². The van der Waals surface area contributed by atoms with E-state index >= 15 is 0 Å². The summed E-state index contributed by atoms with van der Waals surface area (Å²) in [7, 11) is 0. The SMILES string of the molecule is Nc1ncc(-c2cc(Cl)cc(OC[C@@H]3CCCN4CCCC[C@H]34)c2)cn1. The fourth-order valence-corrected chi connectivity index (χ4v) is 4.50. The van der Waals surface area contributed by atoms with Gasteiger partial charge >= 0.3 is 0 Å². The predicted octanol–water partition coefficient (Wildman–Crippen LogP) is 4.02. The van der Waals surface area contributed by atoms with Gasteiger partial charge in [0.2, 0.25) is 5.95 Å². The van der Waals surface area contributed by atoms with Crippen LogP contribution in [0.4, 0.5) is 5.95 Å². The standard InChI is InChI=1S/C20H25ClN4O/c21-17-8-15(16-11-23-20(22)24-12-16)9-18(10-17)26-13-14-4-3-7-25-6-2-1-5-19(14)25/h8-12,14,19H,1-7,13H2,(H2,22,23,24)/t14-,19+/m0/s1. The minimum atomic E-state index is 0.265. The van der Waals surface area contributed by atoms with E-state index in [1.165, 1.54) is 45.2 Å². The number of nitrogens with two attached hydrogens (primary N) is 1. The first kappa shape index (κ1) is 17.6. The van der Waals surface area contributed by atoms with Gasteiger partial charge in [0.15, 0.2) is 0 Å². The number of halogens is 1. The monoisotopic (exact) mass is 372 g/mol. The fourth-order valence-electron chi connectivity index (χ4n) is 4.27. The summed E-state index contributed by atoms with van der Waals surface area (Å²) < 4.78 is 6.18. The molecule has 1 aromatic carbocycles. The van der Waals surface area contributed by atoms with E-state index in [0.29, 0.717) is 17.0 Å². The molecule has 3 heterocycles. The number of rotatable bonds is 4. The van der Waals surface area contributed by atoms with Crippen LogP contribution in [0.3, 0.4) is 0 Å². The Balaban J connectivity index is 1.47. The van der Waals surface area contributed by atoms with Gasteiger partial charge in [0.25, 0.3) is 0 Å². The lowest BCUT2D eigenvalue weighted by Gasteiger charge is -2.44. The van der Waals surface area contributed by atoms with Crippen LogP contribution in [-0.2, 0) is 0 Å². The van der Waals surface area contributed by atoms with Gasteiger partial charge in [0, 0.05) is 34.9 Å². The van der Waals surface area contributed by atoms with Crippen molar-refractivity contribution in [2.24, 2.45) is 5.92 Å². The summed E-state index contributed by atoms with van der Waals surface area (Å²) in [4.78, 5) is 10.8. The van der Waals surface area contributed by atoms with Crippen molar-refractivity contribution in [2.45, 2.75) is 38.1 Å². The van der Waals surface area contributed by atoms with E-state index in [2.05, 4.69) is 14.9 Å². The lowest BCUT2D eigenvalue weighted by atomic mass is 9.84. The third kappa shape index (κ3) is 3.94. The molecule has 0 saturated carbocycles. The number of anilines is 1. The summed E-state index contributed by atoms with van der Waals surface area (Å²) in [6.45, 7) is 3.25. The largest absolute Gasteiger partial charge is 0.493 e. The summed E-state index contributed by atoms with van der Waals surface area (Å²) in [6.07, 6.45) is 9.92. The molecule has 2 N–H and O–H groups in total. The first-order valence-corrected chi connectivity index (χ1v) is 9.82. The summed E-state index contributed by atoms with van der Waals surface area (Å²) in [5.41, 5.74) is 7.39. The average molecular weight is 373 g/mol. The van der Waals surface area contributed by atoms with Crippen LogP contribution < -0.4 is 10.5 Å². The first-order chi connectivity index (χ1) is 12.7. The second-order valence-corrected chi connectivity index (χ2v) is 7.75. The maximum atomic E-state index is 6.31. The van der Waals surface area contributed by atoms with Gasteiger partial charge in [-0.05, 0) is 62.5 Å². The molecule has 2 aromatic rings. The molecule has 0 radical (unpaired) electrons. The van der Waals surface area contributed by atoms with E-state index < -0.39 is 0 Å². The zero-order valence-corrected chi connectivity index (χ0v) is 15.7. The minimum Gasteiger partial charge on any atom is -0.493 e. The van der Waals surface area contributed by atoms with Crippen LogP contribution in [-0.4, -0.2) is 40.6 Å². The Morgan fingerprint density at radius 2 is 1.85 bits per heavy atom. The maximum absolute atomic E-state index is 6.31. The van der Waals surface area contributed by atoms with Crippen molar-refractivity contribution in [1.29, 1.82) is 0 Å². The number of hydrogen-bond donors (Lipinski definition) is 1. The zero-order valence-electron chi connectivity index (χ0n) is 14.9. The second-order valence-electron chi connectivity index (χ2n) is 7.32. The molecular formula is C20H25ClN4O. The predicted molar refractivity (Wildman–Crippen MR) is 104 cm³/mol. The van der Waals surface area contributed by atoms with E-state index in [1.807, 2.05) is 18.2 Å². The average Bonchev–Trinajstić information content (AvgIpc) is 2.66. The first-order valence-electron chi connectivity index (χ1n) is 9.44. The van der Waals surface area contributed by atoms with Crippen molar-refractivity contribution >= 4 is 17.5 Å². The summed E-state index contributed by atoms with van der Waals surface area (Å²) in [6, 6.07) is 6.46. The van der Waals surface area contributed by atoms with Gasteiger partial charge in [-0.2, -0.15) is 0 Å².